The number of aryl methyl sites for hydroxylation is 2. The maximum absolute atomic E-state index is 13.0. The fraction of sp³-hybridized carbons (Fsp3) is 0.0870. The van der Waals surface area contributed by atoms with Gasteiger partial charge in [-0.3, -0.25) is 0 Å². The minimum atomic E-state index is -4.00. The number of hydrogen-bond acceptors (Lipinski definition) is 4. The minimum Gasteiger partial charge on any atom is -0.437 e. The highest BCUT2D eigenvalue weighted by molar-refractivity contribution is 9.10. The first kappa shape index (κ1) is 20.4. The Morgan fingerprint density at radius 2 is 1.67 bits per heavy atom. The molecule has 4 aromatic rings. The van der Waals surface area contributed by atoms with Crippen LogP contribution in [-0.2, 0) is 10.0 Å². The number of hydrogen-bond donors (Lipinski definition) is 1. The van der Waals surface area contributed by atoms with Gasteiger partial charge in [0.2, 0.25) is 5.55 Å². The molecule has 0 aliphatic rings. The van der Waals surface area contributed by atoms with Gasteiger partial charge in [0.1, 0.15) is 5.58 Å². The van der Waals surface area contributed by atoms with Crippen LogP contribution in [0.15, 0.2) is 84.9 Å². The summed E-state index contributed by atoms with van der Waals surface area (Å²) in [6, 6.07) is 19.5. The molecule has 0 bridgehead atoms. The van der Waals surface area contributed by atoms with E-state index in [1.54, 1.807) is 24.3 Å². The topological polar surface area (TPSA) is 85.7 Å². The van der Waals surface area contributed by atoms with E-state index in [2.05, 4.69) is 20.3 Å². The first-order valence-electron chi connectivity index (χ1n) is 9.21. The molecule has 7 heteroatoms. The van der Waals surface area contributed by atoms with Gasteiger partial charge in [-0.1, -0.05) is 63.5 Å². The summed E-state index contributed by atoms with van der Waals surface area (Å²) in [7, 11) is -4.00. The molecule has 0 fully saturated rings. The normalized spacial score (nSPS) is 12.4. The van der Waals surface area contributed by atoms with Gasteiger partial charge in [0.15, 0.2) is 0 Å². The lowest BCUT2D eigenvalue weighted by atomic mass is 10.0. The van der Waals surface area contributed by atoms with Crippen LogP contribution in [0.5, 0.6) is 0 Å². The molecule has 2 N–H and O–H groups in total. The molecule has 0 aliphatic heterocycles. The van der Waals surface area contributed by atoms with Crippen molar-refractivity contribution in [3.05, 3.63) is 87.9 Å². The molecule has 0 amide bonds. The molecule has 0 saturated heterocycles. The Morgan fingerprint density at radius 3 is 2.37 bits per heavy atom. The minimum absolute atomic E-state index is 0.0477. The van der Waals surface area contributed by atoms with E-state index >= 15 is 0 Å². The Kier molecular flexibility index (Phi) is 5.26. The lowest BCUT2D eigenvalue weighted by Gasteiger charge is -2.11. The van der Waals surface area contributed by atoms with Crippen LogP contribution in [0, 0.1) is 13.8 Å². The highest BCUT2D eigenvalue weighted by atomic mass is 79.9. The highest BCUT2D eigenvalue weighted by Crippen LogP contribution is 2.32. The van der Waals surface area contributed by atoms with Gasteiger partial charge in [0.05, 0.1) is 16.1 Å². The van der Waals surface area contributed by atoms with Crippen molar-refractivity contribution in [2.45, 2.75) is 18.7 Å². The Hall–Kier alpha value is -2.90. The zero-order valence-electron chi connectivity index (χ0n) is 16.4. The summed E-state index contributed by atoms with van der Waals surface area (Å²) in [4.78, 5) is 0.0907. The molecule has 0 radical (unpaired) electrons. The third-order valence-electron chi connectivity index (χ3n) is 4.75. The molecule has 3 aromatic carbocycles. The van der Waals surface area contributed by atoms with Crippen molar-refractivity contribution in [3.8, 4) is 11.1 Å². The van der Waals surface area contributed by atoms with Gasteiger partial charge in [-0.25, -0.2) is 0 Å². The largest absolute Gasteiger partial charge is 0.437 e. The van der Waals surface area contributed by atoms with E-state index < -0.39 is 10.0 Å². The third kappa shape index (κ3) is 3.91. The summed E-state index contributed by atoms with van der Waals surface area (Å²) in [5.74, 6) is 0. The van der Waals surface area contributed by atoms with E-state index in [4.69, 9.17) is 10.2 Å². The summed E-state index contributed by atoms with van der Waals surface area (Å²) in [5.41, 5.74) is 10.5. The van der Waals surface area contributed by atoms with Gasteiger partial charge in [-0.15, -0.1) is 4.40 Å². The van der Waals surface area contributed by atoms with Gasteiger partial charge >= 0.3 is 0 Å². The lowest BCUT2D eigenvalue weighted by Crippen LogP contribution is -2.13. The van der Waals surface area contributed by atoms with Crippen LogP contribution in [0.2, 0.25) is 0 Å². The van der Waals surface area contributed by atoms with Crippen molar-refractivity contribution in [1.82, 2.24) is 0 Å². The number of fused-ring (bicyclic) bond motifs is 1. The smallest absolute Gasteiger partial charge is 0.285 e. The number of benzene rings is 3. The van der Waals surface area contributed by atoms with Crippen LogP contribution in [-0.4, -0.2) is 8.42 Å². The second kappa shape index (κ2) is 7.74. The molecular formula is C23H19BrN2O3S. The molecule has 1 heterocycles. The number of sulfonamides is 1. The van der Waals surface area contributed by atoms with Crippen LogP contribution < -0.4 is 11.3 Å². The van der Waals surface area contributed by atoms with Gasteiger partial charge in [0.25, 0.3) is 10.0 Å². The van der Waals surface area contributed by atoms with E-state index in [0.717, 1.165) is 21.2 Å². The molecule has 0 aliphatic carbocycles. The maximum Gasteiger partial charge on any atom is 0.285 e. The fourth-order valence-corrected chi connectivity index (χ4v) is 4.52. The summed E-state index contributed by atoms with van der Waals surface area (Å²) < 4.78 is 36.8. The van der Waals surface area contributed by atoms with Crippen molar-refractivity contribution >= 4 is 42.6 Å². The first-order chi connectivity index (χ1) is 14.2. The fourth-order valence-electron chi connectivity index (χ4n) is 3.22. The average Bonchev–Trinajstić information content (AvgIpc) is 2.69. The summed E-state index contributed by atoms with van der Waals surface area (Å²) in [5, 5.41) is 0.674. The maximum atomic E-state index is 13.0. The lowest BCUT2D eigenvalue weighted by molar-refractivity contribution is 0.543. The van der Waals surface area contributed by atoms with Crippen LogP contribution in [0.4, 0.5) is 5.69 Å². The molecule has 0 saturated carbocycles. The third-order valence-corrected chi connectivity index (χ3v) is 6.52. The number of nitrogens with two attached hydrogens (primary N) is 1. The van der Waals surface area contributed by atoms with Crippen LogP contribution >= 0.6 is 15.9 Å². The molecule has 152 valence electrons. The van der Waals surface area contributed by atoms with Crippen molar-refractivity contribution < 1.29 is 12.8 Å². The van der Waals surface area contributed by atoms with Crippen molar-refractivity contribution in [2.75, 3.05) is 5.73 Å². The van der Waals surface area contributed by atoms with Crippen LogP contribution in [0.25, 0.3) is 22.1 Å². The van der Waals surface area contributed by atoms with Gasteiger partial charge in [-0.05, 0) is 49.7 Å². The van der Waals surface area contributed by atoms with Crippen LogP contribution in [0.3, 0.4) is 0 Å². The number of nitrogens with zero attached hydrogens (tertiary/aromatic N) is 1. The molecule has 1 aromatic heterocycles. The molecule has 4 rings (SSSR count). The van der Waals surface area contributed by atoms with Gasteiger partial charge < -0.3 is 10.2 Å². The van der Waals surface area contributed by atoms with E-state index in [0.29, 0.717) is 22.2 Å². The SMILES string of the molecule is Cc1ccc(S(=O)(=O)N=c2oc3ccc(Br)cc3c(N)c2-c2cccc(C)c2)cc1. The number of rotatable bonds is 3. The summed E-state index contributed by atoms with van der Waals surface area (Å²) in [6.07, 6.45) is 0. The van der Waals surface area contributed by atoms with Crippen molar-refractivity contribution in [2.24, 2.45) is 4.40 Å². The second-order valence-corrected chi connectivity index (χ2v) is 9.61. The van der Waals surface area contributed by atoms with Gasteiger partial charge in [0, 0.05) is 9.86 Å². The Bertz CT molecular complexity index is 1440. The van der Waals surface area contributed by atoms with E-state index in [-0.39, 0.29) is 10.4 Å². The monoisotopic (exact) mass is 482 g/mol. The average molecular weight is 483 g/mol. The molecule has 0 unspecified atom stereocenters. The second-order valence-electron chi connectivity index (χ2n) is 7.09. The standard InChI is InChI=1S/C23H19BrN2O3S/c1-14-6-9-18(10-7-14)30(27,28)26-23-21(16-5-3-4-15(2)12-16)22(25)19-13-17(24)8-11-20(19)29-23/h3-13H,25H2,1-2H3. The van der Waals surface area contributed by atoms with E-state index in [1.807, 2.05) is 44.2 Å². The molecule has 0 atom stereocenters. The molecular weight excluding hydrogens is 464 g/mol. The zero-order chi connectivity index (χ0) is 21.5. The molecule has 0 spiro atoms. The first-order valence-corrected chi connectivity index (χ1v) is 11.4. The Morgan fingerprint density at radius 1 is 0.933 bits per heavy atom. The summed E-state index contributed by atoms with van der Waals surface area (Å²) in [6.45, 7) is 3.84. The van der Waals surface area contributed by atoms with Gasteiger partial charge in [-0.2, -0.15) is 8.42 Å². The number of anilines is 1. The highest BCUT2D eigenvalue weighted by Gasteiger charge is 2.18. The van der Waals surface area contributed by atoms with Crippen molar-refractivity contribution in [3.63, 3.8) is 0 Å². The Labute approximate surface area is 183 Å². The predicted molar refractivity (Wildman–Crippen MR) is 122 cm³/mol. The number of halogens is 1. The summed E-state index contributed by atoms with van der Waals surface area (Å²) >= 11 is 3.45. The Balaban J connectivity index is 2.08. The zero-order valence-corrected chi connectivity index (χ0v) is 18.8. The van der Waals surface area contributed by atoms with E-state index in [1.165, 1.54) is 12.1 Å². The molecule has 30 heavy (non-hydrogen) atoms. The number of nitrogen functional groups attached to an aromatic ring is 1. The van der Waals surface area contributed by atoms with Crippen molar-refractivity contribution in [1.29, 1.82) is 0 Å². The quantitative estimate of drug-likeness (QED) is 0.426. The predicted octanol–water partition coefficient (Wildman–Crippen LogP) is 5.35. The van der Waals surface area contributed by atoms with Crippen LogP contribution in [0.1, 0.15) is 11.1 Å². The molecule has 5 nitrogen and oxygen atoms in total. The van der Waals surface area contributed by atoms with E-state index in [9.17, 15) is 8.42 Å².